The molecule has 0 amide bonds. The van der Waals surface area contributed by atoms with Crippen LogP contribution >= 0.6 is 11.6 Å². The quantitative estimate of drug-likeness (QED) is 0.106. The lowest BCUT2D eigenvalue weighted by Crippen LogP contribution is -2.32. The molecular formula is C43H46ClF2N7O4. The molecule has 4 heterocycles. The average molecular weight is 798 g/mol. The van der Waals surface area contributed by atoms with Crippen LogP contribution in [0.25, 0.3) is 33.4 Å². The number of aliphatic hydroxyl groups is 1. The number of anilines is 2. The number of nitrogens with one attached hydrogen (secondary N) is 1. The van der Waals surface area contributed by atoms with Gasteiger partial charge >= 0.3 is 5.97 Å². The Morgan fingerprint density at radius 3 is 2.53 bits per heavy atom. The number of nitrogens with zero attached hydrogens (tertiary/aromatic N) is 6. The van der Waals surface area contributed by atoms with Gasteiger partial charge in [0.1, 0.15) is 5.52 Å². The summed E-state index contributed by atoms with van der Waals surface area (Å²) in [7, 11) is 3.66. The molecule has 1 aliphatic heterocycles. The van der Waals surface area contributed by atoms with E-state index >= 15 is 0 Å². The van der Waals surface area contributed by atoms with Gasteiger partial charge in [-0.2, -0.15) is 0 Å². The number of fused-ring (bicyclic) bond motifs is 3. The van der Waals surface area contributed by atoms with Gasteiger partial charge in [-0.25, -0.2) is 23.7 Å². The molecule has 2 aromatic carbocycles. The molecule has 2 aliphatic carbocycles. The highest BCUT2D eigenvalue weighted by molar-refractivity contribution is 6.36. The number of ether oxygens (including phenoxy) is 1. The zero-order chi connectivity index (χ0) is 40.1. The number of rotatable bonds is 13. The van der Waals surface area contributed by atoms with Gasteiger partial charge in [0.15, 0.2) is 11.6 Å². The Morgan fingerprint density at radius 2 is 1.82 bits per heavy atom. The molecule has 3 aliphatic rings. The molecule has 3 fully saturated rings. The SMILES string of the molecule is COc1nc(-c2cccc(-c3cccc(Nc4nc(C(F)F)nc5cc(CN6CC[C@@H](O)C6)cnc45)c3C)c2Cl)ccc1CN(C)CC12CCC(C(=O)O)(CC1)C2. The zero-order valence-corrected chi connectivity index (χ0v) is 33.0. The summed E-state index contributed by atoms with van der Waals surface area (Å²) in [5, 5.41) is 23.6. The van der Waals surface area contributed by atoms with E-state index in [9.17, 15) is 23.8 Å². The van der Waals surface area contributed by atoms with Crippen LogP contribution in [0.1, 0.15) is 67.5 Å². The summed E-state index contributed by atoms with van der Waals surface area (Å²) in [5.74, 6) is -0.590. The van der Waals surface area contributed by atoms with E-state index in [1.54, 1.807) is 19.4 Å². The van der Waals surface area contributed by atoms with Crippen molar-refractivity contribution in [2.45, 2.75) is 71.1 Å². The van der Waals surface area contributed by atoms with Crippen LogP contribution in [0.2, 0.25) is 5.02 Å². The van der Waals surface area contributed by atoms with Crippen LogP contribution in [-0.4, -0.2) is 85.8 Å². The minimum absolute atomic E-state index is 0.0322. The molecule has 2 bridgehead atoms. The van der Waals surface area contributed by atoms with Crippen LogP contribution in [0.15, 0.2) is 60.8 Å². The van der Waals surface area contributed by atoms with Gasteiger partial charge in [0, 0.05) is 61.3 Å². The number of hydrogen-bond acceptors (Lipinski definition) is 10. The van der Waals surface area contributed by atoms with Crippen molar-refractivity contribution in [2.75, 3.05) is 39.1 Å². The molecule has 1 saturated heterocycles. The van der Waals surface area contributed by atoms with Gasteiger partial charge in [0.2, 0.25) is 5.88 Å². The molecule has 1 atom stereocenters. The monoisotopic (exact) mass is 797 g/mol. The number of aliphatic hydroxyl groups excluding tert-OH is 1. The number of β-amino-alcohol motifs (C(OH)–C–C–N with tert-alkyl or cyclic N) is 1. The summed E-state index contributed by atoms with van der Waals surface area (Å²) in [4.78, 5) is 34.2. The molecule has 3 N–H and O–H groups in total. The molecule has 11 nitrogen and oxygen atoms in total. The Hall–Kier alpha value is -4.82. The molecule has 14 heteroatoms. The van der Waals surface area contributed by atoms with Crippen molar-refractivity contribution in [3.63, 3.8) is 0 Å². The fraction of sp³-hybridized carbons (Fsp3) is 0.419. The highest BCUT2D eigenvalue weighted by Gasteiger charge is 2.58. The highest BCUT2D eigenvalue weighted by Crippen LogP contribution is 2.62. The first-order chi connectivity index (χ1) is 27.4. The van der Waals surface area contributed by atoms with E-state index in [0.29, 0.717) is 59.4 Å². The average Bonchev–Trinajstić information content (AvgIpc) is 3.89. The molecule has 5 aromatic rings. The summed E-state index contributed by atoms with van der Waals surface area (Å²) in [6, 6.07) is 17.1. The van der Waals surface area contributed by atoms with Crippen molar-refractivity contribution in [3.8, 4) is 28.3 Å². The molecule has 0 unspecified atom stereocenters. The smallest absolute Gasteiger partial charge is 0.309 e. The van der Waals surface area contributed by atoms with E-state index in [-0.39, 0.29) is 17.3 Å². The fourth-order valence-corrected chi connectivity index (χ4v) is 9.69. The van der Waals surface area contributed by atoms with Crippen molar-refractivity contribution in [1.29, 1.82) is 0 Å². The van der Waals surface area contributed by atoms with Crippen LogP contribution < -0.4 is 10.1 Å². The van der Waals surface area contributed by atoms with Crippen LogP contribution in [0.5, 0.6) is 5.88 Å². The Kier molecular flexibility index (Phi) is 10.6. The van der Waals surface area contributed by atoms with Gasteiger partial charge in [-0.05, 0) is 92.8 Å². The predicted molar refractivity (Wildman–Crippen MR) is 215 cm³/mol. The van der Waals surface area contributed by atoms with Gasteiger partial charge in [-0.3, -0.25) is 14.7 Å². The predicted octanol–water partition coefficient (Wildman–Crippen LogP) is 8.44. The number of carboxylic acids is 1. The number of hydrogen-bond donors (Lipinski definition) is 3. The van der Waals surface area contributed by atoms with Crippen molar-refractivity contribution in [2.24, 2.45) is 10.8 Å². The Balaban J connectivity index is 1.04. The van der Waals surface area contributed by atoms with Crippen LogP contribution in [-0.2, 0) is 17.9 Å². The van der Waals surface area contributed by atoms with E-state index in [4.69, 9.17) is 21.3 Å². The normalized spacial score (nSPS) is 21.9. The molecular weight excluding hydrogens is 752 g/mol. The molecule has 8 rings (SSSR count). The maximum absolute atomic E-state index is 14.1. The number of pyridine rings is 2. The number of carbonyl (C=O) groups is 1. The standard InChI is InChI=1S/C43H46ClF2N7O4/c1-25-29(6-5-9-32(25)48-38-36-34(49-39(51-38)37(45)46)18-26(19-47-36)20-53-17-12-28(54)22-53)30-7-4-8-31(35(30)44)33-11-10-27(40(50-33)57-3)21-52(2)24-42-13-15-43(23-42,16-14-42)41(55)56/h4-11,18-19,28,37,54H,12-17,20-24H2,1-3H3,(H,55,56)(H,48,49,51)/t28-,42?,43?/m1/s1. The first-order valence-corrected chi connectivity index (χ1v) is 19.7. The van der Waals surface area contributed by atoms with E-state index < -0.39 is 23.6 Å². The lowest BCUT2D eigenvalue weighted by Gasteiger charge is -2.32. The third-order valence-electron chi connectivity index (χ3n) is 12.2. The number of methoxy groups -OCH3 is 1. The van der Waals surface area contributed by atoms with Crippen LogP contribution in [0, 0.1) is 17.8 Å². The summed E-state index contributed by atoms with van der Waals surface area (Å²) in [5.41, 5.74) is 6.30. The highest BCUT2D eigenvalue weighted by atomic mass is 35.5. The lowest BCUT2D eigenvalue weighted by molar-refractivity contribution is -0.148. The van der Waals surface area contributed by atoms with Crippen molar-refractivity contribution in [3.05, 3.63) is 88.3 Å². The Morgan fingerprint density at radius 1 is 1.07 bits per heavy atom. The molecule has 298 valence electrons. The zero-order valence-electron chi connectivity index (χ0n) is 32.2. The second-order valence-corrected chi connectivity index (χ2v) is 16.6. The van der Waals surface area contributed by atoms with Gasteiger partial charge in [-0.15, -0.1) is 0 Å². The molecule has 0 radical (unpaired) electrons. The largest absolute Gasteiger partial charge is 0.481 e. The number of aliphatic carboxylic acids is 1. The van der Waals surface area contributed by atoms with E-state index in [0.717, 1.165) is 78.6 Å². The summed E-state index contributed by atoms with van der Waals surface area (Å²) < 4.78 is 33.9. The summed E-state index contributed by atoms with van der Waals surface area (Å²) in [6.45, 7) is 5.17. The van der Waals surface area contributed by atoms with E-state index in [1.165, 1.54) is 0 Å². The number of likely N-dealkylation sites (tertiary alicyclic amines) is 1. The summed E-state index contributed by atoms with van der Waals surface area (Å²) in [6.07, 6.45) is 3.25. The second kappa shape index (κ2) is 15.5. The van der Waals surface area contributed by atoms with Crippen LogP contribution in [0.4, 0.5) is 20.3 Å². The number of carboxylic acid groups (broad SMARTS) is 1. The lowest BCUT2D eigenvalue weighted by atomic mass is 9.82. The first-order valence-electron chi connectivity index (χ1n) is 19.3. The number of halogens is 3. The van der Waals surface area contributed by atoms with Crippen molar-refractivity contribution in [1.82, 2.24) is 29.7 Å². The van der Waals surface area contributed by atoms with Gasteiger partial charge in [-0.1, -0.05) is 48.0 Å². The van der Waals surface area contributed by atoms with Crippen LogP contribution in [0.3, 0.4) is 0 Å². The van der Waals surface area contributed by atoms with Crippen molar-refractivity contribution >= 4 is 40.1 Å². The third kappa shape index (κ3) is 7.65. The Bertz CT molecular complexity index is 2340. The van der Waals surface area contributed by atoms with E-state index in [2.05, 4.69) is 37.1 Å². The molecule has 3 aromatic heterocycles. The summed E-state index contributed by atoms with van der Waals surface area (Å²) >= 11 is 7.18. The Labute approximate surface area is 335 Å². The fourth-order valence-electron chi connectivity index (χ4n) is 9.36. The molecule has 57 heavy (non-hydrogen) atoms. The van der Waals surface area contributed by atoms with Gasteiger partial charge < -0.3 is 25.2 Å². The topological polar surface area (TPSA) is 137 Å². The number of aromatic nitrogens is 4. The van der Waals surface area contributed by atoms with Gasteiger partial charge in [0.25, 0.3) is 6.43 Å². The number of alkyl halides is 2. The minimum atomic E-state index is -2.89. The number of benzene rings is 2. The van der Waals surface area contributed by atoms with E-state index in [1.807, 2.05) is 55.5 Å². The molecule has 2 saturated carbocycles. The second-order valence-electron chi connectivity index (χ2n) is 16.2. The first kappa shape index (κ1) is 39.0. The maximum atomic E-state index is 14.1. The van der Waals surface area contributed by atoms with Crippen molar-refractivity contribution < 1.29 is 28.5 Å². The third-order valence-corrected chi connectivity index (χ3v) is 12.6. The maximum Gasteiger partial charge on any atom is 0.309 e. The molecule has 0 spiro atoms. The minimum Gasteiger partial charge on any atom is -0.481 e. The van der Waals surface area contributed by atoms with Gasteiger partial charge in [0.05, 0.1) is 34.9 Å².